The van der Waals surface area contributed by atoms with Gasteiger partial charge in [-0.3, -0.25) is 9.59 Å². The summed E-state index contributed by atoms with van der Waals surface area (Å²) >= 11 is 1.37. The van der Waals surface area contributed by atoms with Crippen molar-refractivity contribution in [2.24, 2.45) is 0 Å². The maximum Gasteiger partial charge on any atom is 0.262 e. The summed E-state index contributed by atoms with van der Waals surface area (Å²) in [5.74, 6) is -2.60. The van der Waals surface area contributed by atoms with Crippen molar-refractivity contribution in [3.8, 4) is 5.75 Å². The Bertz CT molecular complexity index is 901. The molecule has 0 unspecified atom stereocenters. The monoisotopic (exact) mass is 424 g/mol. The SMILES string of the molecule is COCCNC(=O)c1c(NC(=O)COc2cc(F)ccc2F)sc2c1CCCC2. The van der Waals surface area contributed by atoms with Crippen LogP contribution in [0.3, 0.4) is 0 Å². The van der Waals surface area contributed by atoms with Gasteiger partial charge in [-0.05, 0) is 43.4 Å². The predicted octanol–water partition coefficient (Wildman–Crippen LogP) is 3.30. The predicted molar refractivity (Wildman–Crippen MR) is 106 cm³/mol. The Hall–Kier alpha value is -2.52. The lowest BCUT2D eigenvalue weighted by Gasteiger charge is -2.13. The number of anilines is 1. The summed E-state index contributed by atoms with van der Waals surface area (Å²) < 4.78 is 36.9. The normalized spacial score (nSPS) is 12.9. The molecule has 2 aromatic rings. The lowest BCUT2D eigenvalue weighted by molar-refractivity contribution is -0.118. The molecule has 2 amide bonds. The lowest BCUT2D eigenvalue weighted by Crippen LogP contribution is -2.29. The van der Waals surface area contributed by atoms with Gasteiger partial charge in [0.05, 0.1) is 12.2 Å². The Balaban J connectivity index is 1.72. The number of carbonyl (C=O) groups excluding carboxylic acids is 2. The van der Waals surface area contributed by atoms with Gasteiger partial charge in [-0.25, -0.2) is 8.78 Å². The number of ether oxygens (including phenoxy) is 2. The topological polar surface area (TPSA) is 76.7 Å². The van der Waals surface area contributed by atoms with Crippen molar-refractivity contribution in [3.63, 3.8) is 0 Å². The second-order valence-electron chi connectivity index (χ2n) is 6.58. The molecule has 1 aromatic heterocycles. The van der Waals surface area contributed by atoms with E-state index < -0.39 is 24.1 Å². The van der Waals surface area contributed by atoms with E-state index in [1.807, 2.05) is 0 Å². The first kappa shape index (κ1) is 21.2. The molecule has 0 aliphatic heterocycles. The van der Waals surface area contributed by atoms with E-state index in [1.165, 1.54) is 11.3 Å². The van der Waals surface area contributed by atoms with Gasteiger partial charge in [-0.1, -0.05) is 0 Å². The zero-order valence-corrected chi connectivity index (χ0v) is 16.8. The number of benzene rings is 1. The summed E-state index contributed by atoms with van der Waals surface area (Å²) in [5, 5.41) is 5.92. The van der Waals surface area contributed by atoms with Crippen LogP contribution in [-0.4, -0.2) is 38.7 Å². The van der Waals surface area contributed by atoms with Gasteiger partial charge in [0.25, 0.3) is 11.8 Å². The molecular formula is C20H22F2N2O4S. The molecular weight excluding hydrogens is 402 g/mol. The van der Waals surface area contributed by atoms with Crippen molar-refractivity contribution in [3.05, 3.63) is 45.8 Å². The number of hydrogen-bond donors (Lipinski definition) is 2. The minimum absolute atomic E-state index is 0.270. The summed E-state index contributed by atoms with van der Waals surface area (Å²) in [6.45, 7) is 0.232. The fourth-order valence-corrected chi connectivity index (χ4v) is 4.45. The molecule has 0 radical (unpaired) electrons. The standard InChI is InChI=1S/C20H22F2N2O4S/c1-27-9-8-23-19(26)18-13-4-2-3-5-16(13)29-20(18)24-17(25)11-28-15-10-12(21)6-7-14(15)22/h6-7,10H,2-5,8-9,11H2,1H3,(H,23,26)(H,24,25). The summed E-state index contributed by atoms with van der Waals surface area (Å²) in [4.78, 5) is 26.1. The largest absolute Gasteiger partial charge is 0.481 e. The van der Waals surface area contributed by atoms with E-state index in [4.69, 9.17) is 9.47 Å². The maximum atomic E-state index is 13.6. The molecule has 6 nitrogen and oxygen atoms in total. The fraction of sp³-hybridized carbons (Fsp3) is 0.400. The van der Waals surface area contributed by atoms with Gasteiger partial charge in [0.1, 0.15) is 10.8 Å². The zero-order chi connectivity index (χ0) is 20.8. The summed E-state index contributed by atoms with van der Waals surface area (Å²) in [5.41, 5.74) is 1.43. The van der Waals surface area contributed by atoms with E-state index in [0.29, 0.717) is 23.7 Å². The molecule has 0 fully saturated rings. The molecule has 156 valence electrons. The number of aryl methyl sites for hydroxylation is 1. The van der Waals surface area contributed by atoms with Crippen molar-refractivity contribution < 1.29 is 27.8 Å². The minimum Gasteiger partial charge on any atom is -0.481 e. The molecule has 1 aromatic carbocycles. The van der Waals surface area contributed by atoms with E-state index in [0.717, 1.165) is 54.3 Å². The molecule has 9 heteroatoms. The van der Waals surface area contributed by atoms with Gasteiger partial charge in [0, 0.05) is 24.6 Å². The number of rotatable bonds is 8. The third kappa shape index (κ3) is 5.30. The van der Waals surface area contributed by atoms with Gasteiger partial charge in [-0.2, -0.15) is 0 Å². The van der Waals surface area contributed by atoms with E-state index >= 15 is 0 Å². The highest BCUT2D eigenvalue weighted by atomic mass is 32.1. The van der Waals surface area contributed by atoms with Crippen LogP contribution in [0, 0.1) is 11.6 Å². The number of methoxy groups -OCH3 is 1. The Labute approximate surface area is 171 Å². The van der Waals surface area contributed by atoms with Crippen LogP contribution in [0.2, 0.25) is 0 Å². The first-order chi connectivity index (χ1) is 14.0. The number of fused-ring (bicyclic) bond motifs is 1. The first-order valence-electron chi connectivity index (χ1n) is 9.29. The quantitative estimate of drug-likeness (QED) is 0.638. The van der Waals surface area contributed by atoms with Crippen LogP contribution in [0.1, 0.15) is 33.6 Å². The van der Waals surface area contributed by atoms with Crippen molar-refractivity contribution in [1.82, 2.24) is 5.32 Å². The number of amides is 2. The molecule has 0 saturated carbocycles. The molecule has 1 aliphatic rings. The molecule has 0 atom stereocenters. The Morgan fingerprint density at radius 3 is 2.79 bits per heavy atom. The van der Waals surface area contributed by atoms with E-state index in [-0.39, 0.29) is 11.7 Å². The Morgan fingerprint density at radius 1 is 1.21 bits per heavy atom. The summed E-state index contributed by atoms with van der Waals surface area (Å²) in [6.07, 6.45) is 3.66. The van der Waals surface area contributed by atoms with Crippen LogP contribution in [0.4, 0.5) is 13.8 Å². The third-order valence-electron chi connectivity index (χ3n) is 4.50. The first-order valence-corrected chi connectivity index (χ1v) is 10.1. The van der Waals surface area contributed by atoms with Gasteiger partial charge in [0.2, 0.25) is 0 Å². The molecule has 29 heavy (non-hydrogen) atoms. The van der Waals surface area contributed by atoms with Gasteiger partial charge >= 0.3 is 0 Å². The molecule has 1 aliphatic carbocycles. The van der Waals surface area contributed by atoms with Crippen molar-refractivity contribution in [1.29, 1.82) is 0 Å². The van der Waals surface area contributed by atoms with Crippen LogP contribution in [-0.2, 0) is 22.4 Å². The van der Waals surface area contributed by atoms with Crippen LogP contribution in [0.5, 0.6) is 5.75 Å². The number of nitrogens with one attached hydrogen (secondary N) is 2. The van der Waals surface area contributed by atoms with Crippen molar-refractivity contribution >= 4 is 28.2 Å². The van der Waals surface area contributed by atoms with Crippen LogP contribution in [0.25, 0.3) is 0 Å². The highest BCUT2D eigenvalue weighted by Crippen LogP contribution is 2.38. The number of thiophene rings is 1. The maximum absolute atomic E-state index is 13.6. The zero-order valence-electron chi connectivity index (χ0n) is 16.0. The smallest absolute Gasteiger partial charge is 0.262 e. The van der Waals surface area contributed by atoms with Crippen LogP contribution >= 0.6 is 11.3 Å². The van der Waals surface area contributed by atoms with Crippen LogP contribution in [0.15, 0.2) is 18.2 Å². The Morgan fingerprint density at radius 2 is 2.00 bits per heavy atom. The molecule has 3 rings (SSSR count). The minimum atomic E-state index is -0.760. The summed E-state index contributed by atoms with van der Waals surface area (Å²) in [6, 6.07) is 2.77. The molecule has 1 heterocycles. The van der Waals surface area contributed by atoms with Crippen LogP contribution < -0.4 is 15.4 Å². The Kier molecular flexibility index (Phi) is 7.16. The van der Waals surface area contributed by atoms with Crippen molar-refractivity contribution in [2.75, 3.05) is 32.2 Å². The fourth-order valence-electron chi connectivity index (χ4n) is 3.14. The molecule has 0 spiro atoms. The third-order valence-corrected chi connectivity index (χ3v) is 5.70. The molecule has 0 saturated heterocycles. The lowest BCUT2D eigenvalue weighted by atomic mass is 9.95. The molecule has 2 N–H and O–H groups in total. The van der Waals surface area contributed by atoms with Crippen molar-refractivity contribution in [2.45, 2.75) is 25.7 Å². The van der Waals surface area contributed by atoms with Gasteiger partial charge in [0.15, 0.2) is 18.2 Å². The second kappa shape index (κ2) is 9.80. The van der Waals surface area contributed by atoms with E-state index in [1.54, 1.807) is 7.11 Å². The van der Waals surface area contributed by atoms with E-state index in [9.17, 15) is 18.4 Å². The number of halogens is 2. The molecule has 0 bridgehead atoms. The van der Waals surface area contributed by atoms with Gasteiger partial charge < -0.3 is 20.1 Å². The number of carbonyl (C=O) groups is 2. The highest BCUT2D eigenvalue weighted by molar-refractivity contribution is 7.17. The average molecular weight is 424 g/mol. The summed E-state index contributed by atoms with van der Waals surface area (Å²) in [7, 11) is 1.55. The highest BCUT2D eigenvalue weighted by Gasteiger charge is 2.26. The second-order valence-corrected chi connectivity index (χ2v) is 7.68. The van der Waals surface area contributed by atoms with Gasteiger partial charge in [-0.15, -0.1) is 11.3 Å². The number of hydrogen-bond acceptors (Lipinski definition) is 5. The average Bonchev–Trinajstić information content (AvgIpc) is 3.06. The van der Waals surface area contributed by atoms with E-state index in [2.05, 4.69) is 10.6 Å².